The number of aliphatic hydroxyl groups is 1. The Hall–Kier alpha value is -1.47. The summed E-state index contributed by atoms with van der Waals surface area (Å²) in [7, 11) is 0. The minimum absolute atomic E-state index is 0.00746. The summed E-state index contributed by atoms with van der Waals surface area (Å²) in [5.74, 6) is -0.860. The fourth-order valence-electron chi connectivity index (χ4n) is 0.855. The van der Waals surface area contributed by atoms with E-state index in [0.717, 1.165) is 0 Å². The predicted molar refractivity (Wildman–Crippen MR) is 48.9 cm³/mol. The van der Waals surface area contributed by atoms with Crippen LogP contribution in [0.3, 0.4) is 0 Å². The van der Waals surface area contributed by atoms with Gasteiger partial charge in [0.2, 0.25) is 5.89 Å². The number of nitrogens with two attached hydrogens (primary N) is 1. The number of ether oxygens (including phenoxy) is 1. The maximum atomic E-state index is 11.1. The second-order valence-electron chi connectivity index (χ2n) is 2.94. The Bertz CT molecular complexity index is 336. The van der Waals surface area contributed by atoms with Crippen molar-refractivity contribution in [3.63, 3.8) is 0 Å². The summed E-state index contributed by atoms with van der Waals surface area (Å²) in [6, 6.07) is -0.805. The van der Waals surface area contributed by atoms with Gasteiger partial charge in [0.1, 0.15) is 6.04 Å². The maximum absolute atomic E-state index is 11.1. The molecule has 1 aromatic rings. The van der Waals surface area contributed by atoms with Crippen molar-refractivity contribution in [1.29, 1.82) is 0 Å². The second-order valence-corrected chi connectivity index (χ2v) is 2.94. The van der Waals surface area contributed by atoms with Gasteiger partial charge in [-0.1, -0.05) is 0 Å². The van der Waals surface area contributed by atoms with E-state index in [1.54, 1.807) is 6.92 Å². The number of hydrogen-bond acceptors (Lipinski definition) is 7. The van der Waals surface area contributed by atoms with Gasteiger partial charge in [0, 0.05) is 0 Å². The van der Waals surface area contributed by atoms with E-state index in [0.29, 0.717) is 0 Å². The zero-order chi connectivity index (χ0) is 11.4. The standard InChI is InChI=1S/C8H13N3O4/c1-3-14-8(13)6-10-7(15-11-6)5(9)4(2)12/h4-5,12H,3,9H2,1-2H3. The lowest BCUT2D eigenvalue weighted by molar-refractivity contribution is 0.0508. The summed E-state index contributed by atoms with van der Waals surface area (Å²) in [6.07, 6.45) is -0.833. The third kappa shape index (κ3) is 2.74. The Kier molecular flexibility index (Phi) is 3.75. The van der Waals surface area contributed by atoms with Gasteiger partial charge in [0.15, 0.2) is 0 Å². The number of hydrogen-bond donors (Lipinski definition) is 2. The van der Waals surface area contributed by atoms with Crippen LogP contribution in [0.15, 0.2) is 4.52 Å². The number of carbonyl (C=O) groups excluding carboxylic acids is 1. The van der Waals surface area contributed by atoms with E-state index in [4.69, 9.17) is 15.4 Å². The van der Waals surface area contributed by atoms with E-state index < -0.39 is 18.1 Å². The van der Waals surface area contributed by atoms with Crippen molar-refractivity contribution in [3.8, 4) is 0 Å². The zero-order valence-corrected chi connectivity index (χ0v) is 8.51. The van der Waals surface area contributed by atoms with Gasteiger partial charge in [0.25, 0.3) is 5.82 Å². The van der Waals surface area contributed by atoms with Gasteiger partial charge in [-0.2, -0.15) is 4.98 Å². The van der Waals surface area contributed by atoms with Crippen molar-refractivity contribution in [2.45, 2.75) is 26.0 Å². The molecule has 7 heteroatoms. The summed E-state index contributed by atoms with van der Waals surface area (Å²) in [6.45, 7) is 3.38. The highest BCUT2D eigenvalue weighted by Gasteiger charge is 2.22. The lowest BCUT2D eigenvalue weighted by atomic mass is 10.2. The Morgan fingerprint density at radius 3 is 2.93 bits per heavy atom. The highest BCUT2D eigenvalue weighted by atomic mass is 16.5. The summed E-state index contributed by atoms with van der Waals surface area (Å²) in [5, 5.41) is 12.5. The van der Waals surface area contributed by atoms with E-state index >= 15 is 0 Å². The first-order valence-electron chi connectivity index (χ1n) is 4.50. The van der Waals surface area contributed by atoms with Crippen LogP contribution in [0.4, 0.5) is 0 Å². The number of carbonyl (C=O) groups is 1. The first-order chi connectivity index (χ1) is 7.06. The van der Waals surface area contributed by atoms with Gasteiger partial charge in [-0.3, -0.25) is 0 Å². The number of aliphatic hydroxyl groups excluding tert-OH is 1. The van der Waals surface area contributed by atoms with Gasteiger partial charge in [-0.15, -0.1) is 0 Å². The van der Waals surface area contributed by atoms with Crippen LogP contribution < -0.4 is 5.73 Å². The van der Waals surface area contributed by atoms with Gasteiger partial charge >= 0.3 is 5.97 Å². The molecule has 1 aromatic heterocycles. The van der Waals surface area contributed by atoms with Crippen molar-refractivity contribution >= 4 is 5.97 Å². The molecule has 0 aromatic carbocycles. The molecule has 0 fully saturated rings. The van der Waals surface area contributed by atoms with Crippen LogP contribution in [0.2, 0.25) is 0 Å². The van der Waals surface area contributed by atoms with E-state index in [1.165, 1.54) is 6.92 Å². The third-order valence-corrected chi connectivity index (χ3v) is 1.70. The van der Waals surface area contributed by atoms with Crippen LogP contribution in [0.25, 0.3) is 0 Å². The number of rotatable bonds is 4. The van der Waals surface area contributed by atoms with Crippen LogP contribution in [-0.4, -0.2) is 33.9 Å². The largest absolute Gasteiger partial charge is 0.460 e. The third-order valence-electron chi connectivity index (χ3n) is 1.70. The van der Waals surface area contributed by atoms with Crippen LogP contribution >= 0.6 is 0 Å². The molecule has 0 bridgehead atoms. The molecule has 7 nitrogen and oxygen atoms in total. The van der Waals surface area contributed by atoms with Crippen molar-refractivity contribution < 1.29 is 19.2 Å². The maximum Gasteiger partial charge on any atom is 0.379 e. The van der Waals surface area contributed by atoms with Crippen molar-refractivity contribution in [2.75, 3.05) is 6.61 Å². The Labute approximate surface area is 86.2 Å². The van der Waals surface area contributed by atoms with E-state index in [1.807, 2.05) is 0 Å². The molecule has 1 heterocycles. The summed E-state index contributed by atoms with van der Waals surface area (Å²) >= 11 is 0. The molecule has 1 rings (SSSR count). The lowest BCUT2D eigenvalue weighted by Gasteiger charge is -2.08. The van der Waals surface area contributed by atoms with Crippen LogP contribution in [-0.2, 0) is 4.74 Å². The number of esters is 1. The van der Waals surface area contributed by atoms with Crippen LogP contribution in [0.5, 0.6) is 0 Å². The normalized spacial score (nSPS) is 14.7. The lowest BCUT2D eigenvalue weighted by Crippen LogP contribution is -2.23. The molecule has 0 radical (unpaired) electrons. The molecule has 0 saturated carbocycles. The molecule has 0 aliphatic heterocycles. The summed E-state index contributed by atoms with van der Waals surface area (Å²) in [5.41, 5.74) is 5.53. The Balaban J connectivity index is 2.76. The van der Waals surface area contributed by atoms with E-state index in [2.05, 4.69) is 14.9 Å². The minimum Gasteiger partial charge on any atom is -0.460 e. The molecule has 0 spiro atoms. The molecule has 2 atom stereocenters. The van der Waals surface area contributed by atoms with Crippen LogP contribution in [0.1, 0.15) is 36.4 Å². The molecule has 0 amide bonds. The van der Waals surface area contributed by atoms with E-state index in [9.17, 15) is 4.79 Å². The quantitative estimate of drug-likeness (QED) is 0.659. The molecule has 0 aliphatic carbocycles. The second kappa shape index (κ2) is 4.85. The fraction of sp³-hybridized carbons (Fsp3) is 0.625. The zero-order valence-electron chi connectivity index (χ0n) is 8.51. The summed E-state index contributed by atoms with van der Waals surface area (Å²) < 4.78 is 9.36. The highest BCUT2D eigenvalue weighted by molar-refractivity contribution is 5.84. The SMILES string of the molecule is CCOC(=O)c1noc(C(N)C(C)O)n1. The average Bonchev–Trinajstić information content (AvgIpc) is 2.65. The highest BCUT2D eigenvalue weighted by Crippen LogP contribution is 2.11. The number of aromatic nitrogens is 2. The minimum atomic E-state index is -0.833. The first-order valence-corrected chi connectivity index (χ1v) is 4.50. The molecular weight excluding hydrogens is 202 g/mol. The Morgan fingerprint density at radius 1 is 1.73 bits per heavy atom. The molecule has 84 valence electrons. The smallest absolute Gasteiger partial charge is 0.379 e. The predicted octanol–water partition coefficient (Wildman–Crippen LogP) is -0.373. The van der Waals surface area contributed by atoms with Crippen LogP contribution in [0, 0.1) is 0 Å². The first kappa shape index (κ1) is 11.6. The Morgan fingerprint density at radius 2 is 2.40 bits per heavy atom. The van der Waals surface area contributed by atoms with Crippen molar-refractivity contribution in [1.82, 2.24) is 10.1 Å². The molecular formula is C8H13N3O4. The summed E-state index contributed by atoms with van der Waals surface area (Å²) in [4.78, 5) is 14.9. The molecule has 3 N–H and O–H groups in total. The van der Waals surface area contributed by atoms with Gasteiger partial charge < -0.3 is 20.1 Å². The number of nitrogens with zero attached hydrogens (tertiary/aromatic N) is 2. The fourth-order valence-corrected chi connectivity index (χ4v) is 0.855. The van der Waals surface area contributed by atoms with Gasteiger partial charge in [-0.25, -0.2) is 4.79 Å². The molecule has 2 unspecified atom stereocenters. The molecule has 15 heavy (non-hydrogen) atoms. The monoisotopic (exact) mass is 215 g/mol. The molecule has 0 saturated heterocycles. The van der Waals surface area contributed by atoms with Crippen molar-refractivity contribution in [3.05, 3.63) is 11.7 Å². The van der Waals surface area contributed by atoms with E-state index in [-0.39, 0.29) is 18.3 Å². The van der Waals surface area contributed by atoms with Crippen molar-refractivity contribution in [2.24, 2.45) is 5.73 Å². The average molecular weight is 215 g/mol. The molecule has 0 aliphatic rings. The van der Waals surface area contributed by atoms with Gasteiger partial charge in [0.05, 0.1) is 12.7 Å². The topological polar surface area (TPSA) is 111 Å². The van der Waals surface area contributed by atoms with Gasteiger partial charge in [-0.05, 0) is 19.0 Å².